The number of carbonyl (C=O) groups excluding carboxylic acids is 2. The zero-order valence-electron chi connectivity index (χ0n) is 14.5. The number of nitrogens with one attached hydrogen (secondary N) is 2. The number of amides is 2. The first-order valence-electron chi connectivity index (χ1n) is 8.23. The van der Waals surface area contributed by atoms with Gasteiger partial charge in [0.15, 0.2) is 0 Å². The van der Waals surface area contributed by atoms with Crippen LogP contribution in [0.5, 0.6) is 11.5 Å². The van der Waals surface area contributed by atoms with Gasteiger partial charge < -0.3 is 15.4 Å². The number of carbonyl (C=O) groups is 2. The third-order valence-corrected chi connectivity index (χ3v) is 3.64. The molecule has 3 rings (SSSR count). The molecular formula is C21H17FN2O3. The summed E-state index contributed by atoms with van der Waals surface area (Å²) in [6.07, 6.45) is 0. The molecule has 3 aromatic carbocycles. The minimum atomic E-state index is -0.612. The van der Waals surface area contributed by atoms with E-state index < -0.39 is 11.7 Å². The molecule has 0 fully saturated rings. The SMILES string of the molecule is CC(=O)Nc1ccc(F)c(NC(=O)c2ccccc2Oc2ccccc2)c1. The molecule has 0 heterocycles. The van der Waals surface area contributed by atoms with Crippen molar-refractivity contribution in [3.63, 3.8) is 0 Å². The van der Waals surface area contributed by atoms with Crippen molar-refractivity contribution in [1.29, 1.82) is 0 Å². The van der Waals surface area contributed by atoms with E-state index in [9.17, 15) is 14.0 Å². The maximum absolute atomic E-state index is 14.1. The number of ether oxygens (including phenoxy) is 1. The first kappa shape index (κ1) is 18.1. The van der Waals surface area contributed by atoms with E-state index in [0.29, 0.717) is 17.2 Å². The van der Waals surface area contributed by atoms with Crippen LogP contribution < -0.4 is 15.4 Å². The van der Waals surface area contributed by atoms with Crippen LogP contribution >= 0.6 is 0 Å². The van der Waals surface area contributed by atoms with Crippen molar-refractivity contribution in [2.45, 2.75) is 6.92 Å². The molecule has 3 aromatic rings. The number of benzene rings is 3. The monoisotopic (exact) mass is 364 g/mol. The van der Waals surface area contributed by atoms with Crippen molar-refractivity contribution in [2.75, 3.05) is 10.6 Å². The topological polar surface area (TPSA) is 67.4 Å². The van der Waals surface area contributed by atoms with E-state index >= 15 is 0 Å². The summed E-state index contributed by atoms with van der Waals surface area (Å²) in [5.74, 6) is -0.504. The van der Waals surface area contributed by atoms with Crippen molar-refractivity contribution in [3.05, 3.63) is 84.2 Å². The Balaban J connectivity index is 1.84. The van der Waals surface area contributed by atoms with Gasteiger partial charge in [0.1, 0.15) is 17.3 Å². The lowest BCUT2D eigenvalue weighted by Crippen LogP contribution is -2.14. The molecule has 0 unspecified atom stereocenters. The Morgan fingerprint density at radius 1 is 0.889 bits per heavy atom. The minimum Gasteiger partial charge on any atom is -0.457 e. The maximum Gasteiger partial charge on any atom is 0.259 e. The lowest BCUT2D eigenvalue weighted by molar-refractivity contribution is -0.114. The Bertz CT molecular complexity index is 974. The van der Waals surface area contributed by atoms with E-state index in [0.717, 1.165) is 0 Å². The van der Waals surface area contributed by atoms with Gasteiger partial charge in [-0.1, -0.05) is 30.3 Å². The van der Waals surface area contributed by atoms with Gasteiger partial charge in [0.2, 0.25) is 5.91 Å². The lowest BCUT2D eigenvalue weighted by Gasteiger charge is -2.12. The predicted molar refractivity (Wildman–Crippen MR) is 102 cm³/mol. The minimum absolute atomic E-state index is 0.0410. The molecule has 2 N–H and O–H groups in total. The van der Waals surface area contributed by atoms with E-state index in [1.807, 2.05) is 18.2 Å². The van der Waals surface area contributed by atoms with Crippen LogP contribution in [0, 0.1) is 5.82 Å². The smallest absolute Gasteiger partial charge is 0.259 e. The molecule has 0 aliphatic heterocycles. The van der Waals surface area contributed by atoms with Gasteiger partial charge in [-0.05, 0) is 42.5 Å². The molecule has 5 nitrogen and oxygen atoms in total. The summed E-state index contributed by atoms with van der Waals surface area (Å²) in [4.78, 5) is 23.8. The molecule has 0 radical (unpaired) electrons. The zero-order chi connectivity index (χ0) is 19.2. The lowest BCUT2D eigenvalue weighted by atomic mass is 10.1. The van der Waals surface area contributed by atoms with E-state index in [-0.39, 0.29) is 17.2 Å². The van der Waals surface area contributed by atoms with Crippen LogP contribution in [-0.2, 0) is 4.79 Å². The Kier molecular flexibility index (Phi) is 5.47. The van der Waals surface area contributed by atoms with E-state index in [4.69, 9.17) is 4.74 Å². The van der Waals surface area contributed by atoms with Crippen LogP contribution in [0.4, 0.5) is 15.8 Å². The average Bonchev–Trinajstić information content (AvgIpc) is 2.65. The molecule has 0 aliphatic rings. The van der Waals surface area contributed by atoms with Crippen LogP contribution in [0.3, 0.4) is 0 Å². The highest BCUT2D eigenvalue weighted by atomic mass is 19.1. The summed E-state index contributed by atoms with van der Waals surface area (Å²) in [5.41, 5.74) is 0.597. The van der Waals surface area contributed by atoms with Crippen LogP contribution in [0.1, 0.15) is 17.3 Å². The summed E-state index contributed by atoms with van der Waals surface area (Å²) < 4.78 is 19.8. The summed E-state index contributed by atoms with van der Waals surface area (Å²) in [6, 6.07) is 19.7. The third-order valence-electron chi connectivity index (χ3n) is 3.64. The molecule has 0 spiro atoms. The Morgan fingerprint density at radius 2 is 1.59 bits per heavy atom. The number of rotatable bonds is 5. The molecule has 0 atom stereocenters. The molecule has 6 heteroatoms. The number of para-hydroxylation sites is 2. The standard InChI is InChI=1S/C21H17FN2O3/c1-14(25)23-15-11-12-18(22)19(13-15)24-21(26)17-9-5-6-10-20(17)27-16-7-3-2-4-8-16/h2-13H,1H3,(H,23,25)(H,24,26). The van der Waals surface area contributed by atoms with Crippen LogP contribution in [0.15, 0.2) is 72.8 Å². The first-order valence-corrected chi connectivity index (χ1v) is 8.23. The van der Waals surface area contributed by atoms with E-state index in [1.165, 1.54) is 25.1 Å². The number of hydrogen-bond acceptors (Lipinski definition) is 3. The largest absolute Gasteiger partial charge is 0.457 e. The van der Waals surface area contributed by atoms with Gasteiger partial charge in [-0.25, -0.2) is 4.39 Å². The van der Waals surface area contributed by atoms with Crippen LogP contribution in [0.25, 0.3) is 0 Å². The van der Waals surface area contributed by atoms with Crippen molar-refractivity contribution < 1.29 is 18.7 Å². The molecular weight excluding hydrogens is 347 g/mol. The third kappa shape index (κ3) is 4.70. The number of halogens is 1. The van der Waals surface area contributed by atoms with Gasteiger partial charge in [0, 0.05) is 12.6 Å². The predicted octanol–water partition coefficient (Wildman–Crippen LogP) is 4.83. The van der Waals surface area contributed by atoms with Crippen LogP contribution in [-0.4, -0.2) is 11.8 Å². The molecule has 2 amide bonds. The normalized spacial score (nSPS) is 10.1. The molecule has 0 saturated carbocycles. The van der Waals surface area contributed by atoms with Crippen molar-refractivity contribution >= 4 is 23.2 Å². The Hall–Kier alpha value is -3.67. The molecule has 27 heavy (non-hydrogen) atoms. The van der Waals surface area contributed by atoms with Crippen molar-refractivity contribution in [1.82, 2.24) is 0 Å². The summed E-state index contributed by atoms with van der Waals surface area (Å²) >= 11 is 0. The summed E-state index contributed by atoms with van der Waals surface area (Å²) in [7, 11) is 0. The van der Waals surface area contributed by atoms with Gasteiger partial charge in [-0.3, -0.25) is 9.59 Å². The first-order chi connectivity index (χ1) is 13.0. The second kappa shape index (κ2) is 8.14. The Labute approximate surface area is 155 Å². The van der Waals surface area contributed by atoms with Crippen molar-refractivity contribution in [2.24, 2.45) is 0 Å². The van der Waals surface area contributed by atoms with Crippen LogP contribution in [0.2, 0.25) is 0 Å². The zero-order valence-corrected chi connectivity index (χ0v) is 14.5. The fraction of sp³-hybridized carbons (Fsp3) is 0.0476. The molecule has 136 valence electrons. The molecule has 0 aliphatic carbocycles. The van der Waals surface area contributed by atoms with Gasteiger partial charge in [-0.2, -0.15) is 0 Å². The highest BCUT2D eigenvalue weighted by molar-refractivity contribution is 6.06. The number of hydrogen-bond donors (Lipinski definition) is 2. The fourth-order valence-electron chi connectivity index (χ4n) is 2.45. The highest BCUT2D eigenvalue weighted by Gasteiger charge is 2.15. The highest BCUT2D eigenvalue weighted by Crippen LogP contribution is 2.27. The van der Waals surface area contributed by atoms with Gasteiger partial charge >= 0.3 is 0 Å². The van der Waals surface area contributed by atoms with Gasteiger partial charge in [-0.15, -0.1) is 0 Å². The maximum atomic E-state index is 14.1. The van der Waals surface area contributed by atoms with Gasteiger partial charge in [0.25, 0.3) is 5.91 Å². The molecule has 0 aromatic heterocycles. The summed E-state index contributed by atoms with van der Waals surface area (Å²) in [5, 5.41) is 5.07. The average molecular weight is 364 g/mol. The quantitative estimate of drug-likeness (QED) is 0.681. The van der Waals surface area contributed by atoms with E-state index in [1.54, 1.807) is 36.4 Å². The van der Waals surface area contributed by atoms with Gasteiger partial charge in [0.05, 0.1) is 11.3 Å². The molecule has 0 saturated heterocycles. The summed E-state index contributed by atoms with van der Waals surface area (Å²) in [6.45, 7) is 1.35. The Morgan fingerprint density at radius 3 is 2.33 bits per heavy atom. The molecule has 0 bridgehead atoms. The number of anilines is 2. The van der Waals surface area contributed by atoms with Crippen molar-refractivity contribution in [3.8, 4) is 11.5 Å². The fourth-order valence-corrected chi connectivity index (χ4v) is 2.45. The van der Waals surface area contributed by atoms with E-state index in [2.05, 4.69) is 10.6 Å². The second-order valence-electron chi connectivity index (χ2n) is 5.74. The second-order valence-corrected chi connectivity index (χ2v) is 5.74.